The molecule has 0 bridgehead atoms. The summed E-state index contributed by atoms with van der Waals surface area (Å²) in [6, 6.07) is 10.7. The predicted molar refractivity (Wildman–Crippen MR) is 96.6 cm³/mol. The molecule has 3 rings (SSSR count). The van der Waals surface area contributed by atoms with Crippen LogP contribution in [-0.4, -0.2) is 30.3 Å². The van der Waals surface area contributed by atoms with Gasteiger partial charge in [0.25, 0.3) is 5.91 Å². The SMILES string of the molecule is CCc1cc(OC)c(OC)cc1C(=O)Nc1ccc(-c2nnco2)cc1. The molecule has 0 saturated carbocycles. The smallest absolute Gasteiger partial charge is 0.256 e. The Kier molecular flexibility index (Phi) is 5.17. The van der Waals surface area contributed by atoms with E-state index in [1.165, 1.54) is 6.39 Å². The number of hydrogen-bond donors (Lipinski definition) is 1. The molecule has 1 heterocycles. The molecule has 7 heteroatoms. The van der Waals surface area contributed by atoms with Crippen molar-refractivity contribution < 1.29 is 18.7 Å². The zero-order valence-electron chi connectivity index (χ0n) is 14.8. The number of carbonyl (C=O) groups excluding carboxylic acids is 1. The van der Waals surface area contributed by atoms with E-state index in [1.807, 2.05) is 13.0 Å². The Labute approximate surface area is 151 Å². The largest absolute Gasteiger partial charge is 0.493 e. The number of aryl methyl sites for hydroxylation is 1. The fourth-order valence-electron chi connectivity index (χ4n) is 2.62. The second-order valence-corrected chi connectivity index (χ2v) is 5.49. The van der Waals surface area contributed by atoms with Crippen LogP contribution in [0.2, 0.25) is 0 Å². The average molecular weight is 353 g/mol. The van der Waals surface area contributed by atoms with Crippen LogP contribution in [-0.2, 0) is 6.42 Å². The fourth-order valence-corrected chi connectivity index (χ4v) is 2.62. The number of ether oxygens (including phenoxy) is 2. The molecule has 1 aromatic heterocycles. The number of nitrogens with one attached hydrogen (secondary N) is 1. The first-order valence-corrected chi connectivity index (χ1v) is 8.09. The van der Waals surface area contributed by atoms with Gasteiger partial charge in [0, 0.05) is 16.8 Å². The van der Waals surface area contributed by atoms with Gasteiger partial charge in [-0.25, -0.2) is 0 Å². The van der Waals surface area contributed by atoms with Gasteiger partial charge in [-0.3, -0.25) is 4.79 Å². The van der Waals surface area contributed by atoms with E-state index in [9.17, 15) is 4.79 Å². The normalized spacial score (nSPS) is 10.4. The molecule has 0 aliphatic rings. The molecule has 0 aliphatic heterocycles. The second kappa shape index (κ2) is 7.69. The Morgan fingerprint density at radius 2 is 1.81 bits per heavy atom. The van der Waals surface area contributed by atoms with Crippen LogP contribution in [0.4, 0.5) is 5.69 Å². The minimum absolute atomic E-state index is 0.214. The second-order valence-electron chi connectivity index (χ2n) is 5.49. The van der Waals surface area contributed by atoms with E-state index in [0.29, 0.717) is 35.1 Å². The topological polar surface area (TPSA) is 86.5 Å². The van der Waals surface area contributed by atoms with Crippen LogP contribution in [0.1, 0.15) is 22.8 Å². The number of carbonyl (C=O) groups is 1. The van der Waals surface area contributed by atoms with E-state index >= 15 is 0 Å². The van der Waals surface area contributed by atoms with Crippen LogP contribution in [0.15, 0.2) is 47.2 Å². The highest BCUT2D eigenvalue weighted by Crippen LogP contribution is 2.31. The molecule has 1 amide bonds. The summed E-state index contributed by atoms with van der Waals surface area (Å²) in [5.74, 6) is 1.33. The highest BCUT2D eigenvalue weighted by atomic mass is 16.5. The third-order valence-corrected chi connectivity index (χ3v) is 3.98. The number of benzene rings is 2. The summed E-state index contributed by atoms with van der Waals surface area (Å²) in [6.45, 7) is 1.98. The highest BCUT2D eigenvalue weighted by Gasteiger charge is 2.16. The monoisotopic (exact) mass is 353 g/mol. The van der Waals surface area contributed by atoms with Gasteiger partial charge in [-0.1, -0.05) is 6.92 Å². The summed E-state index contributed by atoms with van der Waals surface area (Å²) in [7, 11) is 3.11. The first-order valence-electron chi connectivity index (χ1n) is 8.09. The van der Waals surface area contributed by atoms with Crippen LogP contribution < -0.4 is 14.8 Å². The first-order chi connectivity index (χ1) is 12.7. The Balaban J connectivity index is 1.83. The quantitative estimate of drug-likeness (QED) is 0.729. The lowest BCUT2D eigenvalue weighted by atomic mass is 10.0. The molecule has 0 spiro atoms. The maximum absolute atomic E-state index is 12.7. The molecule has 3 aromatic rings. The van der Waals surface area contributed by atoms with E-state index in [-0.39, 0.29) is 5.91 Å². The van der Waals surface area contributed by atoms with E-state index in [1.54, 1.807) is 44.6 Å². The number of aromatic nitrogens is 2. The molecule has 0 atom stereocenters. The zero-order valence-corrected chi connectivity index (χ0v) is 14.8. The summed E-state index contributed by atoms with van der Waals surface area (Å²) >= 11 is 0. The number of rotatable bonds is 6. The van der Waals surface area contributed by atoms with Crippen LogP contribution in [0.25, 0.3) is 11.5 Å². The van der Waals surface area contributed by atoms with Gasteiger partial charge in [0.15, 0.2) is 11.5 Å². The Morgan fingerprint density at radius 3 is 2.38 bits per heavy atom. The lowest BCUT2D eigenvalue weighted by molar-refractivity contribution is 0.102. The van der Waals surface area contributed by atoms with Gasteiger partial charge in [0.2, 0.25) is 12.3 Å². The molecule has 7 nitrogen and oxygen atoms in total. The molecule has 0 fully saturated rings. The average Bonchev–Trinajstić information content (AvgIpc) is 3.22. The van der Waals surface area contributed by atoms with Gasteiger partial charge in [-0.15, -0.1) is 10.2 Å². The number of methoxy groups -OCH3 is 2. The summed E-state index contributed by atoms with van der Waals surface area (Å²) in [5.41, 5.74) is 2.87. The Morgan fingerprint density at radius 1 is 1.12 bits per heavy atom. The van der Waals surface area contributed by atoms with Gasteiger partial charge in [0.05, 0.1) is 14.2 Å². The minimum Gasteiger partial charge on any atom is -0.493 e. The minimum atomic E-state index is -0.214. The molecule has 1 N–H and O–H groups in total. The molecular weight excluding hydrogens is 334 g/mol. The van der Waals surface area contributed by atoms with Gasteiger partial charge in [-0.05, 0) is 48.4 Å². The number of nitrogens with zero attached hydrogens (tertiary/aromatic N) is 2. The van der Waals surface area contributed by atoms with Crippen molar-refractivity contribution in [3.8, 4) is 23.0 Å². The summed E-state index contributed by atoms with van der Waals surface area (Å²) in [5, 5.41) is 10.4. The summed E-state index contributed by atoms with van der Waals surface area (Å²) in [6.07, 6.45) is 1.97. The van der Waals surface area contributed by atoms with Gasteiger partial charge >= 0.3 is 0 Å². The Hall–Kier alpha value is -3.35. The van der Waals surface area contributed by atoms with E-state index in [4.69, 9.17) is 13.9 Å². The van der Waals surface area contributed by atoms with Crippen molar-refractivity contribution in [2.45, 2.75) is 13.3 Å². The van der Waals surface area contributed by atoms with Crippen molar-refractivity contribution >= 4 is 11.6 Å². The standard InChI is InChI=1S/C19H19N3O4/c1-4-12-9-16(24-2)17(25-3)10-15(12)18(23)21-14-7-5-13(6-8-14)19-22-20-11-26-19/h5-11H,4H2,1-3H3,(H,21,23). The van der Waals surface area contributed by atoms with Crippen LogP contribution in [0, 0.1) is 0 Å². The lowest BCUT2D eigenvalue weighted by Crippen LogP contribution is -2.14. The van der Waals surface area contributed by atoms with E-state index in [0.717, 1.165) is 11.1 Å². The summed E-state index contributed by atoms with van der Waals surface area (Å²) < 4.78 is 15.8. The lowest BCUT2D eigenvalue weighted by Gasteiger charge is -2.14. The maximum atomic E-state index is 12.7. The third-order valence-electron chi connectivity index (χ3n) is 3.98. The van der Waals surface area contributed by atoms with E-state index in [2.05, 4.69) is 15.5 Å². The van der Waals surface area contributed by atoms with Crippen LogP contribution in [0.5, 0.6) is 11.5 Å². The number of anilines is 1. The molecule has 26 heavy (non-hydrogen) atoms. The van der Waals surface area contributed by atoms with Crippen molar-refractivity contribution in [1.29, 1.82) is 0 Å². The molecule has 2 aromatic carbocycles. The Bertz CT molecular complexity index is 890. The molecule has 0 radical (unpaired) electrons. The van der Waals surface area contributed by atoms with Crippen LogP contribution >= 0.6 is 0 Å². The molecule has 0 aliphatic carbocycles. The van der Waals surface area contributed by atoms with Crippen molar-refractivity contribution in [3.63, 3.8) is 0 Å². The molecule has 0 saturated heterocycles. The first kappa shape index (κ1) is 17.5. The number of hydrogen-bond acceptors (Lipinski definition) is 6. The van der Waals surface area contributed by atoms with Crippen LogP contribution in [0.3, 0.4) is 0 Å². The zero-order chi connectivity index (χ0) is 18.5. The van der Waals surface area contributed by atoms with Crippen molar-refractivity contribution in [2.24, 2.45) is 0 Å². The van der Waals surface area contributed by atoms with Gasteiger partial charge in [-0.2, -0.15) is 0 Å². The van der Waals surface area contributed by atoms with Crippen molar-refractivity contribution in [3.05, 3.63) is 53.9 Å². The van der Waals surface area contributed by atoms with Crippen molar-refractivity contribution in [1.82, 2.24) is 10.2 Å². The molecule has 134 valence electrons. The maximum Gasteiger partial charge on any atom is 0.256 e. The van der Waals surface area contributed by atoms with Gasteiger partial charge < -0.3 is 19.2 Å². The fraction of sp³-hybridized carbons (Fsp3) is 0.211. The number of amides is 1. The molecular formula is C19H19N3O4. The van der Waals surface area contributed by atoms with Gasteiger partial charge in [0.1, 0.15) is 0 Å². The predicted octanol–water partition coefficient (Wildman–Crippen LogP) is 3.57. The highest BCUT2D eigenvalue weighted by molar-refractivity contribution is 6.05. The van der Waals surface area contributed by atoms with Crippen molar-refractivity contribution in [2.75, 3.05) is 19.5 Å². The third kappa shape index (κ3) is 3.51. The summed E-state index contributed by atoms with van der Waals surface area (Å²) in [4.78, 5) is 12.7. The molecule has 0 unspecified atom stereocenters. The van der Waals surface area contributed by atoms with E-state index < -0.39 is 0 Å².